The second kappa shape index (κ2) is 3.55. The maximum absolute atomic E-state index is 5.97. The number of rotatable bonds is 1. The van der Waals surface area contributed by atoms with Gasteiger partial charge in [-0.25, -0.2) is 0 Å². The van der Waals surface area contributed by atoms with Crippen LogP contribution in [0.2, 0.25) is 10.0 Å². The Hall–Kier alpha value is -0.400. The smallest absolute Gasteiger partial charge is 0.0475 e. The Bertz CT molecular complexity index is 272. The van der Waals surface area contributed by atoms with Crippen molar-refractivity contribution in [3.63, 3.8) is 0 Å². The molecule has 0 aliphatic heterocycles. The molecule has 0 aliphatic carbocycles. The van der Waals surface area contributed by atoms with Gasteiger partial charge in [-0.15, -0.1) is 0 Å². The van der Waals surface area contributed by atoms with Crippen molar-refractivity contribution >= 4 is 28.9 Å². The van der Waals surface area contributed by atoms with E-state index in [9.17, 15) is 0 Å². The van der Waals surface area contributed by atoms with Crippen LogP contribution >= 0.6 is 23.2 Å². The third-order valence-electron chi connectivity index (χ3n) is 1.70. The lowest BCUT2D eigenvalue weighted by Gasteiger charge is -2.11. The SMILES string of the molecule is CC(C)c1c(N)cc(Cl)cc1Cl. The Morgan fingerprint density at radius 3 is 2.25 bits per heavy atom. The Labute approximate surface area is 82.5 Å². The number of anilines is 1. The lowest BCUT2D eigenvalue weighted by atomic mass is 10.0. The van der Waals surface area contributed by atoms with Gasteiger partial charge in [-0.2, -0.15) is 0 Å². The predicted molar refractivity (Wildman–Crippen MR) is 55.0 cm³/mol. The zero-order chi connectivity index (χ0) is 9.30. The molecule has 66 valence electrons. The van der Waals surface area contributed by atoms with Gasteiger partial charge in [0.05, 0.1) is 0 Å². The highest BCUT2D eigenvalue weighted by molar-refractivity contribution is 6.35. The first-order chi connectivity index (χ1) is 5.52. The molecule has 0 radical (unpaired) electrons. The Kier molecular flexibility index (Phi) is 2.86. The summed E-state index contributed by atoms with van der Waals surface area (Å²) in [7, 11) is 0. The van der Waals surface area contributed by atoms with E-state index >= 15 is 0 Å². The monoisotopic (exact) mass is 203 g/mol. The quantitative estimate of drug-likeness (QED) is 0.693. The molecule has 0 amide bonds. The number of hydrogen-bond donors (Lipinski definition) is 1. The summed E-state index contributed by atoms with van der Waals surface area (Å²) in [6.07, 6.45) is 0. The summed E-state index contributed by atoms with van der Waals surface area (Å²) in [5.41, 5.74) is 7.40. The second-order valence-corrected chi connectivity index (χ2v) is 3.89. The summed E-state index contributed by atoms with van der Waals surface area (Å²) in [6, 6.07) is 3.44. The molecule has 0 fully saturated rings. The fraction of sp³-hybridized carbons (Fsp3) is 0.333. The third kappa shape index (κ3) is 1.85. The van der Waals surface area contributed by atoms with Crippen molar-refractivity contribution in [2.75, 3.05) is 5.73 Å². The molecule has 0 unspecified atom stereocenters. The van der Waals surface area contributed by atoms with E-state index in [0.717, 1.165) is 5.56 Å². The van der Waals surface area contributed by atoms with Crippen molar-refractivity contribution in [1.29, 1.82) is 0 Å². The lowest BCUT2D eigenvalue weighted by molar-refractivity contribution is 0.870. The number of benzene rings is 1. The Morgan fingerprint density at radius 1 is 1.25 bits per heavy atom. The van der Waals surface area contributed by atoms with E-state index in [1.807, 2.05) is 13.8 Å². The molecular formula is C9H11Cl2N. The van der Waals surface area contributed by atoms with Gasteiger partial charge in [0.25, 0.3) is 0 Å². The molecule has 0 aliphatic rings. The molecule has 0 aromatic heterocycles. The molecule has 0 heterocycles. The molecule has 0 atom stereocenters. The first-order valence-electron chi connectivity index (χ1n) is 3.76. The van der Waals surface area contributed by atoms with Gasteiger partial charge < -0.3 is 5.73 Å². The summed E-state index contributed by atoms with van der Waals surface area (Å²) in [4.78, 5) is 0. The molecule has 0 spiro atoms. The number of nitrogen functional groups attached to an aromatic ring is 1. The average molecular weight is 204 g/mol. The van der Waals surface area contributed by atoms with E-state index < -0.39 is 0 Å². The summed E-state index contributed by atoms with van der Waals surface area (Å²) in [5.74, 6) is 0.328. The van der Waals surface area contributed by atoms with Crippen LogP contribution in [0.1, 0.15) is 25.3 Å². The maximum atomic E-state index is 5.97. The van der Waals surface area contributed by atoms with Crippen LogP contribution < -0.4 is 5.73 Å². The molecule has 1 aromatic rings. The first-order valence-corrected chi connectivity index (χ1v) is 4.52. The molecule has 0 saturated carbocycles. The fourth-order valence-corrected chi connectivity index (χ4v) is 1.94. The van der Waals surface area contributed by atoms with E-state index in [2.05, 4.69) is 0 Å². The van der Waals surface area contributed by atoms with Gasteiger partial charge in [-0.1, -0.05) is 37.0 Å². The zero-order valence-corrected chi connectivity index (χ0v) is 8.58. The maximum Gasteiger partial charge on any atom is 0.0475 e. The van der Waals surface area contributed by atoms with Crippen LogP contribution in [0.15, 0.2) is 12.1 Å². The second-order valence-electron chi connectivity index (χ2n) is 3.05. The molecule has 0 saturated heterocycles. The van der Waals surface area contributed by atoms with Gasteiger partial charge in [-0.05, 0) is 23.6 Å². The van der Waals surface area contributed by atoms with Crippen LogP contribution in [0, 0.1) is 0 Å². The first kappa shape index (κ1) is 9.69. The topological polar surface area (TPSA) is 26.0 Å². The third-order valence-corrected chi connectivity index (χ3v) is 2.23. The van der Waals surface area contributed by atoms with Gasteiger partial charge in [0.1, 0.15) is 0 Å². The molecule has 0 bridgehead atoms. The van der Waals surface area contributed by atoms with Crippen molar-refractivity contribution in [3.8, 4) is 0 Å². The molecule has 12 heavy (non-hydrogen) atoms. The van der Waals surface area contributed by atoms with Crippen LogP contribution in [0.3, 0.4) is 0 Å². The molecule has 2 N–H and O–H groups in total. The minimum atomic E-state index is 0.328. The van der Waals surface area contributed by atoms with E-state index in [0.29, 0.717) is 21.7 Å². The van der Waals surface area contributed by atoms with Crippen LogP contribution in [-0.2, 0) is 0 Å². The lowest BCUT2D eigenvalue weighted by Crippen LogP contribution is -1.97. The van der Waals surface area contributed by atoms with Crippen molar-refractivity contribution < 1.29 is 0 Å². The largest absolute Gasteiger partial charge is 0.398 e. The van der Waals surface area contributed by atoms with Crippen LogP contribution in [0.4, 0.5) is 5.69 Å². The number of hydrogen-bond acceptors (Lipinski definition) is 1. The molecule has 1 rings (SSSR count). The molecule has 3 heteroatoms. The normalized spacial score (nSPS) is 10.8. The minimum Gasteiger partial charge on any atom is -0.398 e. The highest BCUT2D eigenvalue weighted by atomic mass is 35.5. The van der Waals surface area contributed by atoms with Crippen molar-refractivity contribution in [3.05, 3.63) is 27.7 Å². The van der Waals surface area contributed by atoms with E-state index in [4.69, 9.17) is 28.9 Å². The Balaban J connectivity index is 3.28. The summed E-state index contributed by atoms with van der Waals surface area (Å²) in [6.45, 7) is 4.09. The Morgan fingerprint density at radius 2 is 1.83 bits per heavy atom. The van der Waals surface area contributed by atoms with Gasteiger partial charge in [-0.3, -0.25) is 0 Å². The standard InChI is InChI=1S/C9H11Cl2N/c1-5(2)9-7(11)3-6(10)4-8(9)12/h3-5H,12H2,1-2H3. The van der Waals surface area contributed by atoms with Crippen LogP contribution in [-0.4, -0.2) is 0 Å². The van der Waals surface area contributed by atoms with Crippen molar-refractivity contribution in [2.45, 2.75) is 19.8 Å². The summed E-state index contributed by atoms with van der Waals surface area (Å²) < 4.78 is 0. The van der Waals surface area contributed by atoms with E-state index in [1.165, 1.54) is 0 Å². The van der Waals surface area contributed by atoms with Gasteiger partial charge in [0.15, 0.2) is 0 Å². The van der Waals surface area contributed by atoms with Crippen LogP contribution in [0.25, 0.3) is 0 Å². The number of halogens is 2. The van der Waals surface area contributed by atoms with Gasteiger partial charge in [0.2, 0.25) is 0 Å². The summed E-state index contributed by atoms with van der Waals surface area (Å²) in [5, 5.41) is 1.23. The van der Waals surface area contributed by atoms with Gasteiger partial charge >= 0.3 is 0 Å². The van der Waals surface area contributed by atoms with Crippen molar-refractivity contribution in [2.24, 2.45) is 0 Å². The molecular weight excluding hydrogens is 193 g/mol. The van der Waals surface area contributed by atoms with Gasteiger partial charge in [0, 0.05) is 15.7 Å². The number of nitrogens with two attached hydrogens (primary N) is 1. The van der Waals surface area contributed by atoms with E-state index in [1.54, 1.807) is 12.1 Å². The predicted octanol–water partition coefficient (Wildman–Crippen LogP) is 3.70. The molecule has 1 nitrogen and oxygen atoms in total. The highest BCUT2D eigenvalue weighted by Crippen LogP contribution is 2.32. The van der Waals surface area contributed by atoms with Crippen molar-refractivity contribution in [1.82, 2.24) is 0 Å². The highest BCUT2D eigenvalue weighted by Gasteiger charge is 2.09. The molecule has 1 aromatic carbocycles. The summed E-state index contributed by atoms with van der Waals surface area (Å²) >= 11 is 11.7. The minimum absolute atomic E-state index is 0.328. The van der Waals surface area contributed by atoms with Crippen LogP contribution in [0.5, 0.6) is 0 Å². The zero-order valence-electron chi connectivity index (χ0n) is 7.07. The fourth-order valence-electron chi connectivity index (χ4n) is 1.21. The average Bonchev–Trinajstić information content (AvgIpc) is 1.82. The van der Waals surface area contributed by atoms with E-state index in [-0.39, 0.29) is 0 Å².